The summed E-state index contributed by atoms with van der Waals surface area (Å²) in [6, 6.07) is 5.92. The first-order chi connectivity index (χ1) is 10.1. The minimum absolute atomic E-state index is 0.147. The minimum atomic E-state index is -0.857. The lowest BCUT2D eigenvalue weighted by molar-refractivity contribution is -0.149. The Kier molecular flexibility index (Phi) is 3.66. The number of carboxylic acid groups (broad SMARTS) is 1. The monoisotopic (exact) mass is 291 g/mol. The average Bonchev–Trinajstić information content (AvgIpc) is 3.06. The van der Waals surface area contributed by atoms with E-state index >= 15 is 0 Å². The number of carbonyl (C=O) groups is 2. The van der Waals surface area contributed by atoms with E-state index in [1.165, 1.54) is 12.1 Å². The summed E-state index contributed by atoms with van der Waals surface area (Å²) >= 11 is 0. The topological polar surface area (TPSA) is 66.4 Å². The molecule has 0 aliphatic heterocycles. The largest absolute Gasteiger partial charge is 0.481 e. The summed E-state index contributed by atoms with van der Waals surface area (Å²) in [5, 5.41) is 12.2. The summed E-state index contributed by atoms with van der Waals surface area (Å²) in [5.74, 6) is -1.97. The molecule has 2 N–H and O–H groups in total. The van der Waals surface area contributed by atoms with E-state index < -0.39 is 17.8 Å². The van der Waals surface area contributed by atoms with E-state index in [1.807, 2.05) is 0 Å². The molecule has 0 radical (unpaired) electrons. The fraction of sp³-hybridized carbons (Fsp3) is 0.500. The Labute approximate surface area is 122 Å². The average molecular weight is 291 g/mol. The number of aliphatic carboxylic acids is 1. The number of benzene rings is 1. The molecule has 2 saturated carbocycles. The molecule has 4 atom stereocenters. The molecule has 2 fully saturated rings. The van der Waals surface area contributed by atoms with Crippen molar-refractivity contribution in [3.05, 3.63) is 35.6 Å². The second-order valence-corrected chi connectivity index (χ2v) is 6.07. The van der Waals surface area contributed by atoms with E-state index in [0.29, 0.717) is 6.54 Å². The summed E-state index contributed by atoms with van der Waals surface area (Å²) in [7, 11) is 0. The summed E-state index contributed by atoms with van der Waals surface area (Å²) in [6.07, 6.45) is 2.72. The molecule has 2 aliphatic rings. The van der Waals surface area contributed by atoms with E-state index in [0.717, 1.165) is 24.8 Å². The highest BCUT2D eigenvalue weighted by Crippen LogP contribution is 2.52. The van der Waals surface area contributed by atoms with E-state index in [-0.39, 0.29) is 23.6 Å². The molecule has 0 aromatic heterocycles. The van der Waals surface area contributed by atoms with Crippen LogP contribution in [0.3, 0.4) is 0 Å². The molecule has 5 heteroatoms. The number of carbonyl (C=O) groups excluding carboxylic acids is 1. The molecule has 1 amide bonds. The molecule has 0 heterocycles. The van der Waals surface area contributed by atoms with Crippen LogP contribution >= 0.6 is 0 Å². The number of nitrogens with one attached hydrogen (secondary N) is 1. The number of halogens is 1. The van der Waals surface area contributed by atoms with E-state index in [9.17, 15) is 19.1 Å². The van der Waals surface area contributed by atoms with E-state index in [4.69, 9.17) is 0 Å². The second kappa shape index (κ2) is 5.47. The van der Waals surface area contributed by atoms with Crippen LogP contribution in [-0.2, 0) is 16.1 Å². The third-order valence-corrected chi connectivity index (χ3v) is 4.88. The molecule has 1 aromatic carbocycles. The highest BCUT2D eigenvalue weighted by molar-refractivity contribution is 5.86. The first-order valence-corrected chi connectivity index (χ1v) is 7.31. The van der Waals surface area contributed by atoms with Gasteiger partial charge in [-0.15, -0.1) is 0 Å². The van der Waals surface area contributed by atoms with Gasteiger partial charge in [-0.05, 0) is 48.8 Å². The van der Waals surface area contributed by atoms with Gasteiger partial charge in [-0.3, -0.25) is 9.59 Å². The zero-order valence-electron chi connectivity index (χ0n) is 11.6. The van der Waals surface area contributed by atoms with Crippen LogP contribution in [0, 0.1) is 29.5 Å². The van der Waals surface area contributed by atoms with Crippen LogP contribution in [0.15, 0.2) is 24.3 Å². The van der Waals surface area contributed by atoms with Crippen LogP contribution < -0.4 is 5.32 Å². The Hall–Kier alpha value is -1.91. The van der Waals surface area contributed by atoms with Gasteiger partial charge in [0.1, 0.15) is 5.82 Å². The SMILES string of the molecule is O=C(O)C1C2CCC(C2)C1C(=O)NCc1ccc(F)cc1. The molecule has 3 rings (SSSR count). The van der Waals surface area contributed by atoms with Crippen molar-refractivity contribution < 1.29 is 19.1 Å². The maximum atomic E-state index is 12.8. The van der Waals surface area contributed by atoms with Gasteiger partial charge in [0, 0.05) is 6.54 Å². The Balaban J connectivity index is 1.64. The Bertz CT molecular complexity index is 557. The lowest BCUT2D eigenvalue weighted by Gasteiger charge is -2.27. The number of rotatable bonds is 4. The molecule has 21 heavy (non-hydrogen) atoms. The van der Waals surface area contributed by atoms with Crippen molar-refractivity contribution in [1.82, 2.24) is 5.32 Å². The molecule has 0 spiro atoms. The quantitative estimate of drug-likeness (QED) is 0.893. The van der Waals surface area contributed by atoms with Crippen LogP contribution in [0.5, 0.6) is 0 Å². The molecule has 112 valence electrons. The number of carboxylic acids is 1. The molecule has 4 nitrogen and oxygen atoms in total. The molecule has 2 aliphatic carbocycles. The van der Waals surface area contributed by atoms with Gasteiger partial charge < -0.3 is 10.4 Å². The van der Waals surface area contributed by atoms with Crippen molar-refractivity contribution in [2.75, 3.05) is 0 Å². The zero-order valence-corrected chi connectivity index (χ0v) is 11.6. The van der Waals surface area contributed by atoms with Crippen molar-refractivity contribution in [3.8, 4) is 0 Å². The van der Waals surface area contributed by atoms with Crippen LogP contribution in [0.1, 0.15) is 24.8 Å². The lowest BCUT2D eigenvalue weighted by Crippen LogP contribution is -2.41. The van der Waals surface area contributed by atoms with Gasteiger partial charge >= 0.3 is 5.97 Å². The molecule has 2 bridgehead atoms. The third-order valence-electron chi connectivity index (χ3n) is 4.88. The first-order valence-electron chi connectivity index (χ1n) is 7.31. The summed E-state index contributed by atoms with van der Waals surface area (Å²) in [5.41, 5.74) is 0.805. The van der Waals surface area contributed by atoms with Crippen LogP contribution in [0.25, 0.3) is 0 Å². The Morgan fingerprint density at radius 2 is 1.76 bits per heavy atom. The van der Waals surface area contributed by atoms with Crippen molar-refractivity contribution in [2.24, 2.45) is 23.7 Å². The van der Waals surface area contributed by atoms with Crippen LogP contribution in [0.4, 0.5) is 4.39 Å². The fourth-order valence-corrected chi connectivity index (χ4v) is 3.93. The third kappa shape index (κ3) is 2.64. The van der Waals surface area contributed by atoms with Gasteiger partial charge in [-0.1, -0.05) is 12.1 Å². The smallest absolute Gasteiger partial charge is 0.307 e. The zero-order chi connectivity index (χ0) is 15.0. The number of amides is 1. The van der Waals surface area contributed by atoms with Gasteiger partial charge in [0.05, 0.1) is 11.8 Å². The fourth-order valence-electron chi connectivity index (χ4n) is 3.93. The normalized spacial score (nSPS) is 30.3. The van der Waals surface area contributed by atoms with E-state index in [2.05, 4.69) is 5.32 Å². The predicted octanol–water partition coefficient (Wildman–Crippen LogP) is 2.19. The van der Waals surface area contributed by atoms with Crippen molar-refractivity contribution in [1.29, 1.82) is 0 Å². The maximum absolute atomic E-state index is 12.8. The molecular weight excluding hydrogens is 273 g/mol. The maximum Gasteiger partial charge on any atom is 0.307 e. The first kappa shape index (κ1) is 14.0. The number of hydrogen-bond donors (Lipinski definition) is 2. The molecule has 0 saturated heterocycles. The van der Waals surface area contributed by atoms with Gasteiger partial charge in [-0.2, -0.15) is 0 Å². The summed E-state index contributed by atoms with van der Waals surface area (Å²) in [4.78, 5) is 23.7. The molecule has 1 aromatic rings. The Morgan fingerprint density at radius 1 is 1.14 bits per heavy atom. The number of hydrogen-bond acceptors (Lipinski definition) is 2. The molecular formula is C16H18FNO3. The van der Waals surface area contributed by atoms with Crippen molar-refractivity contribution in [3.63, 3.8) is 0 Å². The van der Waals surface area contributed by atoms with E-state index in [1.54, 1.807) is 12.1 Å². The van der Waals surface area contributed by atoms with Crippen LogP contribution in [0.2, 0.25) is 0 Å². The van der Waals surface area contributed by atoms with Crippen molar-refractivity contribution >= 4 is 11.9 Å². The standard InChI is InChI=1S/C16H18FNO3/c17-12-5-1-9(2-6-12)8-18-15(19)13-10-3-4-11(7-10)14(13)16(20)21/h1-2,5-6,10-11,13-14H,3-4,7-8H2,(H,18,19)(H,20,21). The predicted molar refractivity (Wildman–Crippen MR) is 73.7 cm³/mol. The van der Waals surface area contributed by atoms with Gasteiger partial charge in [0.15, 0.2) is 0 Å². The van der Waals surface area contributed by atoms with Gasteiger partial charge in [-0.25, -0.2) is 4.39 Å². The van der Waals surface area contributed by atoms with Crippen LogP contribution in [-0.4, -0.2) is 17.0 Å². The lowest BCUT2D eigenvalue weighted by atomic mass is 9.78. The van der Waals surface area contributed by atoms with Gasteiger partial charge in [0.25, 0.3) is 0 Å². The Morgan fingerprint density at radius 3 is 2.38 bits per heavy atom. The summed E-state index contributed by atoms with van der Waals surface area (Å²) < 4.78 is 12.8. The highest BCUT2D eigenvalue weighted by atomic mass is 19.1. The highest BCUT2D eigenvalue weighted by Gasteiger charge is 2.53. The number of fused-ring (bicyclic) bond motifs is 2. The summed E-state index contributed by atoms with van der Waals surface area (Å²) in [6.45, 7) is 0.305. The minimum Gasteiger partial charge on any atom is -0.481 e. The molecule has 4 unspecified atom stereocenters. The van der Waals surface area contributed by atoms with Crippen molar-refractivity contribution in [2.45, 2.75) is 25.8 Å². The van der Waals surface area contributed by atoms with Gasteiger partial charge in [0.2, 0.25) is 5.91 Å². The second-order valence-electron chi connectivity index (χ2n) is 6.07.